The van der Waals surface area contributed by atoms with Gasteiger partial charge in [-0.15, -0.1) is 16.4 Å². The van der Waals surface area contributed by atoms with Crippen LogP contribution in [0.4, 0.5) is 0 Å². The maximum Gasteiger partial charge on any atom is 0.122 e. The lowest BCUT2D eigenvalue weighted by atomic mass is 10.3. The minimum absolute atomic E-state index is 0.645. The van der Waals surface area contributed by atoms with Gasteiger partial charge in [0, 0.05) is 16.7 Å². The minimum atomic E-state index is 0.645. The van der Waals surface area contributed by atoms with Gasteiger partial charge in [-0.25, -0.2) is 0 Å². The van der Waals surface area contributed by atoms with Crippen LogP contribution in [-0.2, 0) is 6.42 Å². The topological polar surface area (TPSA) is 27.1 Å². The second-order valence-electron chi connectivity index (χ2n) is 3.74. The average Bonchev–Trinajstić information content (AvgIpc) is 2.99. The molecule has 2 aromatic heterocycles. The van der Waals surface area contributed by atoms with Crippen molar-refractivity contribution in [3.8, 4) is 0 Å². The minimum Gasteiger partial charge on any atom is -0.396 e. The van der Waals surface area contributed by atoms with E-state index in [4.69, 9.17) is 4.84 Å². The zero-order valence-corrected chi connectivity index (χ0v) is 10.1. The molecule has 0 aliphatic carbocycles. The van der Waals surface area contributed by atoms with Crippen molar-refractivity contribution in [3.63, 3.8) is 0 Å². The van der Waals surface area contributed by atoms with E-state index in [0.29, 0.717) is 6.61 Å². The van der Waals surface area contributed by atoms with E-state index in [0.717, 1.165) is 17.3 Å². The summed E-state index contributed by atoms with van der Waals surface area (Å²) in [6.45, 7) is 0.645. The fourth-order valence-electron chi connectivity index (χ4n) is 1.74. The first-order valence-corrected chi connectivity index (χ1v) is 6.40. The highest BCUT2D eigenvalue weighted by molar-refractivity contribution is 7.09. The van der Waals surface area contributed by atoms with Crippen molar-refractivity contribution in [2.45, 2.75) is 6.42 Å². The molecular weight excluding hydrogens is 232 g/mol. The van der Waals surface area contributed by atoms with Gasteiger partial charge in [0.2, 0.25) is 0 Å². The van der Waals surface area contributed by atoms with Crippen molar-refractivity contribution >= 4 is 22.2 Å². The fourth-order valence-corrected chi connectivity index (χ4v) is 2.43. The van der Waals surface area contributed by atoms with Gasteiger partial charge in [-0.1, -0.05) is 29.1 Å². The standard InChI is InChI=1S/C13H12N2OS/c1-2-6-13-11(4-1)10-14-15(13)16-8-7-12-5-3-9-17-12/h1-6,9-10H,7-8H2. The zero-order valence-electron chi connectivity index (χ0n) is 9.24. The summed E-state index contributed by atoms with van der Waals surface area (Å²) in [4.78, 5) is 8.58. The Morgan fingerprint density at radius 3 is 3.00 bits per heavy atom. The third kappa shape index (κ3) is 2.17. The lowest BCUT2D eigenvalue weighted by Gasteiger charge is -2.05. The van der Waals surface area contributed by atoms with E-state index >= 15 is 0 Å². The average molecular weight is 244 g/mol. The van der Waals surface area contributed by atoms with Crippen LogP contribution in [0.1, 0.15) is 4.88 Å². The van der Waals surface area contributed by atoms with Crippen LogP contribution >= 0.6 is 11.3 Å². The lowest BCUT2D eigenvalue weighted by molar-refractivity contribution is 0.0947. The molecule has 0 N–H and O–H groups in total. The molecule has 0 bridgehead atoms. The normalized spacial score (nSPS) is 10.8. The second kappa shape index (κ2) is 4.59. The summed E-state index contributed by atoms with van der Waals surface area (Å²) in [7, 11) is 0. The Balaban J connectivity index is 1.69. The molecule has 0 aliphatic rings. The van der Waals surface area contributed by atoms with Crippen molar-refractivity contribution in [2.24, 2.45) is 0 Å². The Labute approximate surface area is 103 Å². The molecule has 3 nitrogen and oxygen atoms in total. The number of fused-ring (bicyclic) bond motifs is 1. The zero-order chi connectivity index (χ0) is 11.5. The summed E-state index contributed by atoms with van der Waals surface area (Å²) in [5.74, 6) is 0. The summed E-state index contributed by atoms with van der Waals surface area (Å²) < 4.78 is 0. The maximum absolute atomic E-state index is 5.64. The molecule has 0 aliphatic heterocycles. The van der Waals surface area contributed by atoms with Crippen molar-refractivity contribution in [2.75, 3.05) is 6.61 Å². The molecule has 17 heavy (non-hydrogen) atoms. The van der Waals surface area contributed by atoms with E-state index in [1.807, 2.05) is 30.5 Å². The first kappa shape index (κ1) is 10.4. The molecule has 86 valence electrons. The molecule has 3 rings (SSSR count). The molecule has 0 fully saturated rings. The van der Waals surface area contributed by atoms with E-state index in [-0.39, 0.29) is 0 Å². The summed E-state index contributed by atoms with van der Waals surface area (Å²) >= 11 is 1.75. The second-order valence-corrected chi connectivity index (χ2v) is 4.77. The van der Waals surface area contributed by atoms with Crippen LogP contribution in [0.25, 0.3) is 10.9 Å². The molecule has 0 amide bonds. The summed E-state index contributed by atoms with van der Waals surface area (Å²) in [6, 6.07) is 12.2. The van der Waals surface area contributed by atoms with Crippen LogP contribution in [0.3, 0.4) is 0 Å². The summed E-state index contributed by atoms with van der Waals surface area (Å²) in [5, 5.41) is 7.39. The third-order valence-electron chi connectivity index (χ3n) is 2.59. The van der Waals surface area contributed by atoms with Crippen LogP contribution in [-0.4, -0.2) is 16.6 Å². The highest BCUT2D eigenvalue weighted by Crippen LogP contribution is 2.12. The molecule has 0 saturated carbocycles. The van der Waals surface area contributed by atoms with Gasteiger partial charge in [-0.2, -0.15) is 0 Å². The quantitative estimate of drug-likeness (QED) is 0.705. The van der Waals surface area contributed by atoms with E-state index in [2.05, 4.69) is 22.6 Å². The van der Waals surface area contributed by atoms with Crippen LogP contribution < -0.4 is 4.84 Å². The van der Waals surface area contributed by atoms with E-state index in [1.165, 1.54) is 4.88 Å². The van der Waals surface area contributed by atoms with E-state index in [9.17, 15) is 0 Å². The molecule has 0 radical (unpaired) electrons. The van der Waals surface area contributed by atoms with Crippen molar-refractivity contribution in [3.05, 3.63) is 52.9 Å². The number of para-hydroxylation sites is 1. The van der Waals surface area contributed by atoms with Crippen LogP contribution in [0.2, 0.25) is 0 Å². The number of hydrogen-bond acceptors (Lipinski definition) is 3. The van der Waals surface area contributed by atoms with Gasteiger partial charge in [-0.3, -0.25) is 0 Å². The molecule has 1 aromatic carbocycles. The molecule has 0 spiro atoms. The van der Waals surface area contributed by atoms with Crippen molar-refractivity contribution in [1.82, 2.24) is 9.94 Å². The Kier molecular flexibility index (Phi) is 2.80. The molecule has 0 atom stereocenters. The van der Waals surface area contributed by atoms with Gasteiger partial charge in [0.25, 0.3) is 0 Å². The van der Waals surface area contributed by atoms with Crippen molar-refractivity contribution in [1.29, 1.82) is 0 Å². The van der Waals surface area contributed by atoms with Gasteiger partial charge in [0.1, 0.15) is 12.1 Å². The van der Waals surface area contributed by atoms with Gasteiger partial charge < -0.3 is 4.84 Å². The van der Waals surface area contributed by atoms with Crippen molar-refractivity contribution < 1.29 is 4.84 Å². The fraction of sp³-hybridized carbons (Fsp3) is 0.154. The Hall–Kier alpha value is -1.81. The number of thiophene rings is 1. The first-order chi connectivity index (χ1) is 8.43. The predicted molar refractivity (Wildman–Crippen MR) is 69.2 cm³/mol. The number of benzene rings is 1. The lowest BCUT2D eigenvalue weighted by Crippen LogP contribution is -2.15. The molecule has 0 saturated heterocycles. The highest BCUT2D eigenvalue weighted by Gasteiger charge is 2.02. The van der Waals surface area contributed by atoms with Gasteiger partial charge in [0.15, 0.2) is 0 Å². The Morgan fingerprint density at radius 1 is 1.18 bits per heavy atom. The smallest absolute Gasteiger partial charge is 0.122 e. The number of rotatable bonds is 4. The Bertz CT molecular complexity index is 601. The third-order valence-corrected chi connectivity index (χ3v) is 3.52. The van der Waals surface area contributed by atoms with Crippen LogP contribution in [0.15, 0.2) is 48.0 Å². The van der Waals surface area contributed by atoms with Gasteiger partial charge in [-0.05, 0) is 17.5 Å². The summed E-state index contributed by atoms with van der Waals surface area (Å²) in [6.07, 6.45) is 2.74. The first-order valence-electron chi connectivity index (χ1n) is 5.52. The largest absolute Gasteiger partial charge is 0.396 e. The van der Waals surface area contributed by atoms with Gasteiger partial charge >= 0.3 is 0 Å². The molecule has 3 aromatic rings. The summed E-state index contributed by atoms with van der Waals surface area (Å²) in [5.41, 5.74) is 1.01. The molecular formula is C13H12N2OS. The number of hydrogen-bond donors (Lipinski definition) is 0. The highest BCUT2D eigenvalue weighted by atomic mass is 32.1. The number of nitrogens with zero attached hydrogens (tertiary/aromatic N) is 2. The molecule has 4 heteroatoms. The maximum atomic E-state index is 5.64. The predicted octanol–water partition coefficient (Wildman–Crippen LogP) is 2.77. The molecule has 0 unspecified atom stereocenters. The number of aromatic nitrogens is 2. The monoisotopic (exact) mass is 244 g/mol. The molecule has 2 heterocycles. The SMILES string of the molecule is c1csc(CCOn2ncc3ccccc32)c1. The Morgan fingerprint density at radius 2 is 2.12 bits per heavy atom. The van der Waals surface area contributed by atoms with Crippen LogP contribution in [0, 0.1) is 0 Å². The van der Waals surface area contributed by atoms with Gasteiger partial charge in [0.05, 0.1) is 6.20 Å². The van der Waals surface area contributed by atoms with Crippen LogP contribution in [0.5, 0.6) is 0 Å². The van der Waals surface area contributed by atoms with E-state index < -0.39 is 0 Å². The van der Waals surface area contributed by atoms with E-state index in [1.54, 1.807) is 16.2 Å².